The van der Waals surface area contributed by atoms with E-state index in [4.69, 9.17) is 0 Å². The minimum atomic E-state index is -4.94. The maximum absolute atomic E-state index is 12.8. The highest BCUT2D eigenvalue weighted by Crippen LogP contribution is 2.37. The molecule has 2 aromatic carbocycles. The number of carbonyl (C=O) groups is 1. The first-order valence-electron chi connectivity index (χ1n) is 7.91. The van der Waals surface area contributed by atoms with Crippen LogP contribution in [0.4, 0.5) is 37.7 Å². The summed E-state index contributed by atoms with van der Waals surface area (Å²) in [6, 6.07) is 7.99. The van der Waals surface area contributed by atoms with Crippen LogP contribution in [0.1, 0.15) is 23.6 Å². The van der Waals surface area contributed by atoms with Crippen LogP contribution in [0.15, 0.2) is 42.5 Å². The van der Waals surface area contributed by atoms with Crippen LogP contribution in [-0.2, 0) is 23.6 Å². The van der Waals surface area contributed by atoms with E-state index in [2.05, 4.69) is 10.6 Å². The quantitative estimate of drug-likeness (QED) is 0.677. The van der Waals surface area contributed by atoms with Crippen LogP contribution in [0, 0.1) is 0 Å². The van der Waals surface area contributed by atoms with Crippen LogP contribution < -0.4 is 10.6 Å². The molecule has 0 aliphatic carbocycles. The Kier molecular flexibility index (Phi) is 6.02. The second-order valence-electron chi connectivity index (χ2n) is 5.75. The van der Waals surface area contributed by atoms with Crippen molar-refractivity contribution in [2.24, 2.45) is 0 Å². The van der Waals surface area contributed by atoms with Gasteiger partial charge in [0.25, 0.3) is 0 Å². The third-order valence-electron chi connectivity index (χ3n) is 3.69. The predicted octanol–water partition coefficient (Wildman–Crippen LogP) is 5.34. The molecule has 0 aliphatic heterocycles. The average Bonchev–Trinajstić information content (AvgIpc) is 2.59. The summed E-state index contributed by atoms with van der Waals surface area (Å²) in [5.41, 5.74) is -1.83. The number of alkyl halides is 6. The van der Waals surface area contributed by atoms with E-state index in [0.29, 0.717) is 17.8 Å². The van der Waals surface area contributed by atoms with E-state index in [9.17, 15) is 31.1 Å². The van der Waals surface area contributed by atoms with E-state index in [1.165, 1.54) is 0 Å². The average molecular weight is 390 g/mol. The number of halogens is 6. The van der Waals surface area contributed by atoms with Gasteiger partial charge in [-0.15, -0.1) is 0 Å². The van der Waals surface area contributed by atoms with Crippen molar-refractivity contribution in [2.75, 3.05) is 17.2 Å². The van der Waals surface area contributed by atoms with Crippen LogP contribution in [0.3, 0.4) is 0 Å². The van der Waals surface area contributed by atoms with Crippen molar-refractivity contribution in [1.29, 1.82) is 0 Å². The Morgan fingerprint density at radius 1 is 0.852 bits per heavy atom. The monoisotopic (exact) mass is 390 g/mol. The lowest BCUT2D eigenvalue weighted by molar-refractivity contribution is -0.143. The number of benzene rings is 2. The zero-order valence-electron chi connectivity index (χ0n) is 14.1. The number of rotatable bonds is 5. The SMILES string of the molecule is CCc1ccc(NC(=O)CNc2cc(C(F)(F)F)cc(C(F)(F)F)c2)cc1. The third-order valence-corrected chi connectivity index (χ3v) is 3.69. The molecule has 0 aromatic heterocycles. The number of carbonyl (C=O) groups excluding carboxylic acids is 1. The Labute approximate surface area is 151 Å². The largest absolute Gasteiger partial charge is 0.416 e. The van der Waals surface area contributed by atoms with E-state index in [1.54, 1.807) is 24.3 Å². The topological polar surface area (TPSA) is 41.1 Å². The van der Waals surface area contributed by atoms with Gasteiger partial charge < -0.3 is 10.6 Å². The molecule has 2 N–H and O–H groups in total. The number of aryl methyl sites for hydroxylation is 1. The molecule has 0 radical (unpaired) electrons. The van der Waals surface area contributed by atoms with Gasteiger partial charge in [0.1, 0.15) is 0 Å². The molecule has 0 heterocycles. The van der Waals surface area contributed by atoms with Gasteiger partial charge in [0.05, 0.1) is 17.7 Å². The van der Waals surface area contributed by atoms with Gasteiger partial charge in [-0.3, -0.25) is 4.79 Å². The van der Waals surface area contributed by atoms with Crippen molar-refractivity contribution < 1.29 is 31.1 Å². The maximum atomic E-state index is 12.8. The lowest BCUT2D eigenvalue weighted by atomic mass is 10.1. The summed E-state index contributed by atoms with van der Waals surface area (Å²) in [5.74, 6) is -0.606. The Balaban J connectivity index is 2.10. The van der Waals surface area contributed by atoms with E-state index >= 15 is 0 Å². The molecular formula is C18H16F6N2O. The number of amides is 1. The molecule has 1 amide bonds. The molecule has 0 spiro atoms. The summed E-state index contributed by atoms with van der Waals surface area (Å²) in [7, 11) is 0. The van der Waals surface area contributed by atoms with Gasteiger partial charge in [-0.25, -0.2) is 0 Å². The highest BCUT2D eigenvalue weighted by atomic mass is 19.4. The molecule has 9 heteroatoms. The Hall–Kier alpha value is -2.71. The van der Waals surface area contributed by atoms with Gasteiger partial charge in [0.15, 0.2) is 0 Å². The first-order chi connectivity index (χ1) is 12.5. The maximum Gasteiger partial charge on any atom is 0.416 e. The smallest absolute Gasteiger partial charge is 0.376 e. The molecule has 0 bridgehead atoms. The minimum Gasteiger partial charge on any atom is -0.376 e. The zero-order valence-corrected chi connectivity index (χ0v) is 14.1. The Morgan fingerprint density at radius 3 is 1.81 bits per heavy atom. The van der Waals surface area contributed by atoms with E-state index < -0.39 is 41.6 Å². The van der Waals surface area contributed by atoms with Crippen LogP contribution in [-0.4, -0.2) is 12.5 Å². The highest BCUT2D eigenvalue weighted by molar-refractivity contribution is 5.93. The molecule has 0 saturated heterocycles. The molecule has 0 aliphatic rings. The Morgan fingerprint density at radius 2 is 1.37 bits per heavy atom. The van der Waals surface area contributed by atoms with E-state index in [-0.39, 0.29) is 6.07 Å². The number of anilines is 2. The predicted molar refractivity (Wildman–Crippen MR) is 89.4 cm³/mol. The summed E-state index contributed by atoms with van der Waals surface area (Å²) >= 11 is 0. The molecule has 27 heavy (non-hydrogen) atoms. The standard InChI is InChI=1S/C18H16F6N2O/c1-2-11-3-5-14(6-4-11)26-16(27)10-25-15-8-12(17(19,20)21)7-13(9-15)18(22,23)24/h3-9,25H,2,10H2,1H3,(H,26,27). The fourth-order valence-corrected chi connectivity index (χ4v) is 2.27. The van der Waals surface area contributed by atoms with Crippen molar-refractivity contribution in [3.63, 3.8) is 0 Å². The molecular weight excluding hydrogens is 374 g/mol. The molecule has 0 saturated carbocycles. The second-order valence-corrected chi connectivity index (χ2v) is 5.75. The lowest BCUT2D eigenvalue weighted by Crippen LogP contribution is -2.22. The lowest BCUT2D eigenvalue weighted by Gasteiger charge is -2.15. The van der Waals surface area contributed by atoms with Gasteiger partial charge in [0.2, 0.25) is 5.91 Å². The van der Waals surface area contributed by atoms with Crippen molar-refractivity contribution in [3.8, 4) is 0 Å². The summed E-state index contributed by atoms with van der Waals surface area (Å²) in [6.07, 6.45) is -9.07. The molecule has 2 rings (SSSR count). The highest BCUT2D eigenvalue weighted by Gasteiger charge is 2.36. The van der Waals surface area contributed by atoms with Gasteiger partial charge in [-0.2, -0.15) is 26.3 Å². The molecule has 0 atom stereocenters. The molecule has 2 aromatic rings. The van der Waals surface area contributed by atoms with Crippen molar-refractivity contribution in [2.45, 2.75) is 25.7 Å². The fourth-order valence-electron chi connectivity index (χ4n) is 2.27. The van der Waals surface area contributed by atoms with E-state index in [1.807, 2.05) is 6.92 Å². The van der Waals surface area contributed by atoms with Crippen LogP contribution in [0.5, 0.6) is 0 Å². The fraction of sp³-hybridized carbons (Fsp3) is 0.278. The Bertz CT molecular complexity index is 765. The first-order valence-corrected chi connectivity index (χ1v) is 7.91. The van der Waals surface area contributed by atoms with Gasteiger partial charge >= 0.3 is 12.4 Å². The number of nitrogens with one attached hydrogen (secondary N) is 2. The summed E-state index contributed by atoms with van der Waals surface area (Å²) in [5, 5.41) is 4.81. The summed E-state index contributed by atoms with van der Waals surface area (Å²) in [4.78, 5) is 11.9. The van der Waals surface area contributed by atoms with E-state index in [0.717, 1.165) is 12.0 Å². The normalized spacial score (nSPS) is 12.0. The van der Waals surface area contributed by atoms with Crippen molar-refractivity contribution in [1.82, 2.24) is 0 Å². The van der Waals surface area contributed by atoms with Crippen molar-refractivity contribution >= 4 is 17.3 Å². The van der Waals surface area contributed by atoms with Crippen LogP contribution >= 0.6 is 0 Å². The van der Waals surface area contributed by atoms with Gasteiger partial charge in [-0.05, 0) is 42.3 Å². The molecule has 3 nitrogen and oxygen atoms in total. The van der Waals surface area contributed by atoms with Gasteiger partial charge in [-0.1, -0.05) is 19.1 Å². The number of hydrogen-bond acceptors (Lipinski definition) is 2. The van der Waals surface area contributed by atoms with Gasteiger partial charge in [0, 0.05) is 11.4 Å². The van der Waals surface area contributed by atoms with Crippen LogP contribution in [0.2, 0.25) is 0 Å². The molecule has 146 valence electrons. The van der Waals surface area contributed by atoms with Crippen molar-refractivity contribution in [3.05, 3.63) is 59.2 Å². The summed E-state index contributed by atoms with van der Waals surface area (Å²) in [6.45, 7) is 1.47. The molecule has 0 unspecified atom stereocenters. The zero-order chi connectivity index (χ0) is 20.2. The minimum absolute atomic E-state index is 0.0283. The summed E-state index contributed by atoms with van der Waals surface area (Å²) < 4.78 is 76.9. The second kappa shape index (κ2) is 7.89. The third kappa shape index (κ3) is 5.90. The number of hydrogen-bond donors (Lipinski definition) is 2. The molecule has 0 fully saturated rings. The first kappa shape index (κ1) is 20.6. The van der Waals surface area contributed by atoms with Crippen LogP contribution in [0.25, 0.3) is 0 Å².